The van der Waals surface area contributed by atoms with Gasteiger partial charge in [-0.2, -0.15) is 0 Å². The van der Waals surface area contributed by atoms with Crippen LogP contribution in [0.2, 0.25) is 0 Å². The summed E-state index contributed by atoms with van der Waals surface area (Å²) >= 11 is 0. The number of nitrogens with zero attached hydrogens (tertiary/aromatic N) is 2. The van der Waals surface area contributed by atoms with Crippen molar-refractivity contribution in [1.82, 2.24) is 9.80 Å². The zero-order valence-corrected chi connectivity index (χ0v) is 14.1. The lowest BCUT2D eigenvalue weighted by atomic mass is 9.97. The van der Waals surface area contributed by atoms with Gasteiger partial charge in [0, 0.05) is 30.3 Å². The molecule has 2 aromatic carbocycles. The van der Waals surface area contributed by atoms with Crippen molar-refractivity contribution in [2.24, 2.45) is 0 Å². The second-order valence-electron chi connectivity index (χ2n) is 6.47. The summed E-state index contributed by atoms with van der Waals surface area (Å²) < 4.78 is 13.7. The van der Waals surface area contributed by atoms with E-state index in [0.29, 0.717) is 41.4 Å². The number of amides is 1. The van der Waals surface area contributed by atoms with E-state index >= 15 is 0 Å². The highest BCUT2D eigenvalue weighted by Crippen LogP contribution is 2.33. The van der Waals surface area contributed by atoms with Gasteiger partial charge in [0.25, 0.3) is 5.91 Å². The molecular weight excluding hydrogens is 307 g/mol. The number of carbonyl (C=O) groups excluding carboxylic acids is 1. The minimum Gasteiger partial charge on any atom is -0.507 e. The van der Waals surface area contributed by atoms with Crippen molar-refractivity contribution in [1.29, 1.82) is 0 Å². The molecule has 1 N–H and O–H groups in total. The number of phenolic OH excluding ortho intramolecular Hbond substituents is 1. The molecule has 1 aliphatic heterocycles. The second kappa shape index (κ2) is 6.24. The van der Waals surface area contributed by atoms with Crippen molar-refractivity contribution in [3.63, 3.8) is 0 Å². The number of hydrogen-bond acceptors (Lipinski definition) is 3. The van der Waals surface area contributed by atoms with Crippen molar-refractivity contribution in [3.8, 4) is 16.9 Å². The molecule has 1 fully saturated rings. The Morgan fingerprint density at radius 2 is 1.92 bits per heavy atom. The molecule has 0 unspecified atom stereocenters. The fourth-order valence-electron chi connectivity index (χ4n) is 2.92. The standard InChI is InChI=1S/C19H21FN2O2/c1-12-15(5-4-6-17(12)20)16-8-7-13(9-18(16)23)19(24)22-10-14(11-22)21(2)3/h4-9,14,23H,10-11H2,1-3H3. The molecule has 4 nitrogen and oxygen atoms in total. The molecule has 1 heterocycles. The third kappa shape index (κ3) is 2.87. The molecule has 0 atom stereocenters. The number of hydrogen-bond donors (Lipinski definition) is 1. The maximum Gasteiger partial charge on any atom is 0.254 e. The number of aromatic hydroxyl groups is 1. The van der Waals surface area contributed by atoms with Gasteiger partial charge in [-0.15, -0.1) is 0 Å². The molecular formula is C19H21FN2O2. The lowest BCUT2D eigenvalue weighted by molar-refractivity contribution is 0.0399. The minimum absolute atomic E-state index is 0.0146. The van der Waals surface area contributed by atoms with Gasteiger partial charge in [0.05, 0.1) is 0 Å². The Morgan fingerprint density at radius 1 is 1.21 bits per heavy atom. The molecule has 126 valence electrons. The molecule has 0 bridgehead atoms. The van der Waals surface area contributed by atoms with Gasteiger partial charge in [-0.25, -0.2) is 4.39 Å². The summed E-state index contributed by atoms with van der Waals surface area (Å²) in [6.45, 7) is 3.05. The Labute approximate surface area is 141 Å². The summed E-state index contributed by atoms with van der Waals surface area (Å²) in [5.74, 6) is -0.424. The van der Waals surface area contributed by atoms with Crippen LogP contribution in [0, 0.1) is 12.7 Å². The normalized spacial score (nSPS) is 14.8. The molecule has 5 heteroatoms. The zero-order valence-electron chi connectivity index (χ0n) is 14.1. The van der Waals surface area contributed by atoms with Crippen LogP contribution in [0.1, 0.15) is 15.9 Å². The summed E-state index contributed by atoms with van der Waals surface area (Å²) in [4.78, 5) is 16.3. The maximum absolute atomic E-state index is 13.7. The van der Waals surface area contributed by atoms with Crippen molar-refractivity contribution in [2.45, 2.75) is 13.0 Å². The number of halogens is 1. The van der Waals surface area contributed by atoms with E-state index in [1.165, 1.54) is 12.1 Å². The second-order valence-corrected chi connectivity index (χ2v) is 6.47. The van der Waals surface area contributed by atoms with E-state index in [4.69, 9.17) is 0 Å². The quantitative estimate of drug-likeness (QED) is 0.942. The van der Waals surface area contributed by atoms with Crippen LogP contribution in [0.5, 0.6) is 5.75 Å². The van der Waals surface area contributed by atoms with Gasteiger partial charge < -0.3 is 14.9 Å². The molecule has 1 saturated heterocycles. The Bertz CT molecular complexity index is 783. The Morgan fingerprint density at radius 3 is 2.54 bits per heavy atom. The molecule has 3 rings (SSSR count). The fraction of sp³-hybridized carbons (Fsp3) is 0.316. The highest BCUT2D eigenvalue weighted by atomic mass is 19.1. The monoisotopic (exact) mass is 328 g/mol. The smallest absolute Gasteiger partial charge is 0.254 e. The van der Waals surface area contributed by atoms with Crippen LogP contribution in [-0.2, 0) is 0 Å². The van der Waals surface area contributed by atoms with Crippen molar-refractivity contribution < 1.29 is 14.3 Å². The summed E-state index contributed by atoms with van der Waals surface area (Å²) in [6, 6.07) is 9.96. The highest BCUT2D eigenvalue weighted by Gasteiger charge is 2.32. The Balaban J connectivity index is 1.83. The molecule has 0 aromatic heterocycles. The molecule has 1 aliphatic rings. The van der Waals surface area contributed by atoms with Crippen molar-refractivity contribution in [3.05, 3.63) is 53.3 Å². The van der Waals surface area contributed by atoms with Crippen LogP contribution in [0.15, 0.2) is 36.4 Å². The Hall–Kier alpha value is -2.40. The van der Waals surface area contributed by atoms with E-state index in [1.54, 1.807) is 36.1 Å². The number of benzene rings is 2. The summed E-state index contributed by atoms with van der Waals surface area (Å²) in [5.41, 5.74) is 2.08. The number of phenols is 1. The lowest BCUT2D eigenvalue weighted by Crippen LogP contribution is -2.59. The largest absolute Gasteiger partial charge is 0.507 e. The number of likely N-dealkylation sites (N-methyl/N-ethyl adjacent to an activating group) is 1. The maximum atomic E-state index is 13.7. The number of carbonyl (C=O) groups is 1. The Kier molecular flexibility index (Phi) is 4.28. The van der Waals surface area contributed by atoms with Crippen LogP contribution in [0.3, 0.4) is 0 Å². The number of rotatable bonds is 3. The summed E-state index contributed by atoms with van der Waals surface area (Å²) in [6.07, 6.45) is 0. The first-order valence-electron chi connectivity index (χ1n) is 7.92. The fourth-order valence-corrected chi connectivity index (χ4v) is 2.92. The van der Waals surface area contributed by atoms with Crippen LogP contribution in [0.4, 0.5) is 4.39 Å². The van der Waals surface area contributed by atoms with Gasteiger partial charge >= 0.3 is 0 Å². The average Bonchev–Trinajstić information content (AvgIpc) is 2.48. The molecule has 0 aliphatic carbocycles. The first kappa shape index (κ1) is 16.5. The van der Waals surface area contributed by atoms with E-state index in [-0.39, 0.29) is 17.5 Å². The van der Waals surface area contributed by atoms with Crippen LogP contribution in [0.25, 0.3) is 11.1 Å². The van der Waals surface area contributed by atoms with Gasteiger partial charge in [-0.1, -0.05) is 12.1 Å². The van der Waals surface area contributed by atoms with E-state index in [0.717, 1.165) is 0 Å². The molecule has 1 amide bonds. The minimum atomic E-state index is -0.317. The van der Waals surface area contributed by atoms with Crippen molar-refractivity contribution >= 4 is 5.91 Å². The number of likely N-dealkylation sites (tertiary alicyclic amines) is 1. The SMILES string of the molecule is Cc1c(F)cccc1-c1ccc(C(=O)N2CC(N(C)C)C2)cc1O. The molecule has 24 heavy (non-hydrogen) atoms. The lowest BCUT2D eigenvalue weighted by Gasteiger charge is -2.42. The van der Waals surface area contributed by atoms with Gasteiger partial charge in [-0.3, -0.25) is 4.79 Å². The van der Waals surface area contributed by atoms with Gasteiger partial charge in [-0.05, 0) is 56.4 Å². The van der Waals surface area contributed by atoms with E-state index in [1.807, 2.05) is 14.1 Å². The average molecular weight is 328 g/mol. The first-order chi connectivity index (χ1) is 11.4. The van der Waals surface area contributed by atoms with E-state index in [2.05, 4.69) is 4.90 Å². The van der Waals surface area contributed by atoms with Gasteiger partial charge in [0.1, 0.15) is 11.6 Å². The van der Waals surface area contributed by atoms with Crippen LogP contribution >= 0.6 is 0 Å². The molecule has 0 radical (unpaired) electrons. The van der Waals surface area contributed by atoms with Crippen LogP contribution < -0.4 is 0 Å². The van der Waals surface area contributed by atoms with E-state index < -0.39 is 0 Å². The molecule has 0 saturated carbocycles. The van der Waals surface area contributed by atoms with E-state index in [9.17, 15) is 14.3 Å². The predicted octanol–water partition coefficient (Wildman–Crippen LogP) is 2.89. The van der Waals surface area contributed by atoms with Crippen molar-refractivity contribution in [2.75, 3.05) is 27.2 Å². The summed E-state index contributed by atoms with van der Waals surface area (Å²) in [7, 11) is 3.99. The van der Waals surface area contributed by atoms with Gasteiger partial charge in [0.15, 0.2) is 0 Å². The summed E-state index contributed by atoms with van der Waals surface area (Å²) in [5, 5.41) is 10.3. The molecule has 2 aromatic rings. The zero-order chi connectivity index (χ0) is 17.4. The van der Waals surface area contributed by atoms with Crippen LogP contribution in [-0.4, -0.2) is 54.0 Å². The third-order valence-electron chi connectivity index (χ3n) is 4.68. The molecule has 0 spiro atoms. The predicted molar refractivity (Wildman–Crippen MR) is 91.6 cm³/mol. The third-order valence-corrected chi connectivity index (χ3v) is 4.68. The highest BCUT2D eigenvalue weighted by molar-refractivity contribution is 5.96. The van der Waals surface area contributed by atoms with Gasteiger partial charge in [0.2, 0.25) is 0 Å². The topological polar surface area (TPSA) is 43.8 Å². The first-order valence-corrected chi connectivity index (χ1v) is 7.92.